The van der Waals surface area contributed by atoms with Crippen LogP contribution in [0, 0.1) is 19.3 Å². The van der Waals surface area contributed by atoms with Gasteiger partial charge in [0.1, 0.15) is 5.75 Å². The molecule has 0 bridgehead atoms. The van der Waals surface area contributed by atoms with Crippen LogP contribution in [-0.4, -0.2) is 19.1 Å². The van der Waals surface area contributed by atoms with Crippen molar-refractivity contribution in [2.45, 2.75) is 47.2 Å². The highest BCUT2D eigenvalue weighted by molar-refractivity contribution is 5.80. The van der Waals surface area contributed by atoms with E-state index in [2.05, 4.69) is 17.4 Å². The van der Waals surface area contributed by atoms with Gasteiger partial charge in [0.15, 0.2) is 0 Å². The van der Waals surface area contributed by atoms with Crippen LogP contribution in [0.25, 0.3) is 0 Å². The standard InChI is InChI=1S/C16H26N2O2/c1-10-7-12(8-11(2)13(10)20-6)9-18-14(15(17)19)16(3,4)5/h7-8,14,18H,9H2,1-6H3,(H2,17,19)/t14-/m1/s1. The number of carbonyl (C=O) groups excluding carboxylic acids is 1. The molecular weight excluding hydrogens is 252 g/mol. The molecule has 0 radical (unpaired) electrons. The molecule has 3 N–H and O–H groups in total. The fourth-order valence-corrected chi connectivity index (χ4v) is 2.52. The van der Waals surface area contributed by atoms with E-state index in [0.717, 1.165) is 22.4 Å². The minimum Gasteiger partial charge on any atom is -0.496 e. The molecule has 0 saturated carbocycles. The highest BCUT2D eigenvalue weighted by Crippen LogP contribution is 2.25. The number of amides is 1. The monoisotopic (exact) mass is 278 g/mol. The number of hydrogen-bond acceptors (Lipinski definition) is 3. The van der Waals surface area contributed by atoms with Crippen molar-refractivity contribution in [3.63, 3.8) is 0 Å². The number of aryl methyl sites for hydroxylation is 2. The summed E-state index contributed by atoms with van der Waals surface area (Å²) in [6.45, 7) is 10.6. The zero-order valence-electron chi connectivity index (χ0n) is 13.3. The van der Waals surface area contributed by atoms with E-state index in [1.165, 1.54) is 0 Å². The molecule has 0 saturated heterocycles. The highest BCUT2D eigenvalue weighted by atomic mass is 16.5. The molecule has 4 heteroatoms. The first kappa shape index (κ1) is 16.5. The van der Waals surface area contributed by atoms with Crippen molar-refractivity contribution in [2.24, 2.45) is 11.1 Å². The molecule has 4 nitrogen and oxygen atoms in total. The third-order valence-electron chi connectivity index (χ3n) is 3.39. The number of carbonyl (C=O) groups is 1. The average molecular weight is 278 g/mol. The summed E-state index contributed by atoms with van der Waals surface area (Å²) in [5, 5.41) is 3.25. The summed E-state index contributed by atoms with van der Waals surface area (Å²) in [6.07, 6.45) is 0. The molecule has 1 rings (SSSR count). The number of ether oxygens (including phenoxy) is 1. The van der Waals surface area contributed by atoms with Gasteiger partial charge in [-0.15, -0.1) is 0 Å². The fourth-order valence-electron chi connectivity index (χ4n) is 2.52. The topological polar surface area (TPSA) is 64.3 Å². The second kappa shape index (κ2) is 6.27. The van der Waals surface area contributed by atoms with Crippen molar-refractivity contribution in [3.8, 4) is 5.75 Å². The Balaban J connectivity index is 2.87. The van der Waals surface area contributed by atoms with E-state index in [1.54, 1.807) is 7.11 Å². The number of nitrogens with one attached hydrogen (secondary N) is 1. The molecule has 0 unspecified atom stereocenters. The van der Waals surface area contributed by atoms with E-state index < -0.39 is 0 Å². The Hall–Kier alpha value is -1.55. The van der Waals surface area contributed by atoms with Crippen molar-refractivity contribution in [3.05, 3.63) is 28.8 Å². The van der Waals surface area contributed by atoms with Crippen LogP contribution in [0.1, 0.15) is 37.5 Å². The highest BCUT2D eigenvalue weighted by Gasteiger charge is 2.28. The summed E-state index contributed by atoms with van der Waals surface area (Å²) in [7, 11) is 1.68. The van der Waals surface area contributed by atoms with E-state index in [0.29, 0.717) is 6.54 Å². The Bertz CT molecular complexity index is 467. The molecule has 0 aliphatic rings. The zero-order valence-corrected chi connectivity index (χ0v) is 13.3. The lowest BCUT2D eigenvalue weighted by atomic mass is 9.86. The Morgan fingerprint density at radius 2 is 1.80 bits per heavy atom. The number of rotatable bonds is 5. The second-order valence-electron chi connectivity index (χ2n) is 6.35. The van der Waals surface area contributed by atoms with Gasteiger partial charge in [-0.25, -0.2) is 0 Å². The minimum atomic E-state index is -0.356. The molecule has 20 heavy (non-hydrogen) atoms. The van der Waals surface area contributed by atoms with Crippen LogP contribution in [0.5, 0.6) is 5.75 Å². The Kier molecular flexibility index (Phi) is 5.17. The summed E-state index contributed by atoms with van der Waals surface area (Å²) >= 11 is 0. The van der Waals surface area contributed by atoms with Crippen LogP contribution in [0.2, 0.25) is 0 Å². The van der Waals surface area contributed by atoms with Crippen molar-refractivity contribution in [2.75, 3.05) is 7.11 Å². The first-order chi connectivity index (χ1) is 9.16. The van der Waals surface area contributed by atoms with Crippen molar-refractivity contribution in [1.82, 2.24) is 5.32 Å². The van der Waals surface area contributed by atoms with Gasteiger partial charge in [0.25, 0.3) is 0 Å². The molecule has 1 atom stereocenters. The van der Waals surface area contributed by atoms with Gasteiger partial charge in [-0.3, -0.25) is 4.79 Å². The molecule has 0 aliphatic carbocycles. The quantitative estimate of drug-likeness (QED) is 0.868. The normalized spacial score (nSPS) is 13.1. The summed E-state index contributed by atoms with van der Waals surface area (Å²) in [5.41, 5.74) is 8.57. The Morgan fingerprint density at radius 1 is 1.30 bits per heavy atom. The van der Waals surface area contributed by atoms with Gasteiger partial charge in [0, 0.05) is 6.54 Å². The first-order valence-corrected chi connectivity index (χ1v) is 6.83. The van der Waals surface area contributed by atoms with Gasteiger partial charge in [-0.1, -0.05) is 32.9 Å². The third kappa shape index (κ3) is 3.97. The van der Waals surface area contributed by atoms with Crippen molar-refractivity contribution < 1.29 is 9.53 Å². The summed E-state index contributed by atoms with van der Waals surface area (Å²) in [5.74, 6) is 0.593. The van der Waals surface area contributed by atoms with Crippen molar-refractivity contribution >= 4 is 5.91 Å². The van der Waals surface area contributed by atoms with E-state index >= 15 is 0 Å². The summed E-state index contributed by atoms with van der Waals surface area (Å²) in [4.78, 5) is 11.5. The maximum Gasteiger partial charge on any atom is 0.235 e. The van der Waals surface area contributed by atoms with Gasteiger partial charge in [-0.2, -0.15) is 0 Å². The molecule has 1 amide bonds. The van der Waals surface area contributed by atoms with E-state index in [9.17, 15) is 4.79 Å². The molecule has 0 heterocycles. The van der Waals surface area contributed by atoms with E-state index in [4.69, 9.17) is 10.5 Å². The molecule has 112 valence electrons. The van der Waals surface area contributed by atoms with Crippen LogP contribution in [0.4, 0.5) is 0 Å². The molecule has 1 aromatic carbocycles. The van der Waals surface area contributed by atoms with Crippen LogP contribution in [0.3, 0.4) is 0 Å². The SMILES string of the molecule is COc1c(C)cc(CN[C@H](C(N)=O)C(C)(C)C)cc1C. The molecule has 1 aromatic rings. The number of nitrogens with two attached hydrogens (primary N) is 1. The first-order valence-electron chi connectivity index (χ1n) is 6.83. The maximum absolute atomic E-state index is 11.5. The van der Waals surface area contributed by atoms with E-state index in [-0.39, 0.29) is 17.4 Å². The van der Waals surface area contributed by atoms with Gasteiger partial charge in [0.05, 0.1) is 13.2 Å². The molecule has 0 fully saturated rings. The summed E-state index contributed by atoms with van der Waals surface area (Å²) in [6, 6.07) is 3.78. The fraction of sp³-hybridized carbons (Fsp3) is 0.562. The molecular formula is C16H26N2O2. The van der Waals surface area contributed by atoms with Crippen LogP contribution >= 0.6 is 0 Å². The van der Waals surface area contributed by atoms with Gasteiger partial charge in [-0.05, 0) is 36.0 Å². The zero-order chi connectivity index (χ0) is 15.5. The van der Waals surface area contributed by atoms with Crippen LogP contribution < -0.4 is 15.8 Å². The van der Waals surface area contributed by atoms with Gasteiger partial charge >= 0.3 is 0 Å². The lowest BCUT2D eigenvalue weighted by molar-refractivity contribution is -0.122. The average Bonchev–Trinajstić information content (AvgIpc) is 2.26. The lowest BCUT2D eigenvalue weighted by Gasteiger charge is -2.29. The lowest BCUT2D eigenvalue weighted by Crippen LogP contribution is -2.49. The largest absolute Gasteiger partial charge is 0.496 e. The Morgan fingerprint density at radius 3 is 2.15 bits per heavy atom. The number of methoxy groups -OCH3 is 1. The minimum absolute atomic E-state index is 0.206. The van der Waals surface area contributed by atoms with Gasteiger partial charge < -0.3 is 15.8 Å². The van der Waals surface area contributed by atoms with E-state index in [1.807, 2.05) is 34.6 Å². The summed E-state index contributed by atoms with van der Waals surface area (Å²) < 4.78 is 5.35. The molecule has 0 spiro atoms. The predicted molar refractivity (Wildman–Crippen MR) is 81.7 cm³/mol. The van der Waals surface area contributed by atoms with Crippen molar-refractivity contribution in [1.29, 1.82) is 0 Å². The maximum atomic E-state index is 11.5. The second-order valence-corrected chi connectivity index (χ2v) is 6.35. The third-order valence-corrected chi connectivity index (χ3v) is 3.39. The van der Waals surface area contributed by atoms with Crippen LogP contribution in [0.15, 0.2) is 12.1 Å². The van der Waals surface area contributed by atoms with Gasteiger partial charge in [0.2, 0.25) is 5.91 Å². The number of primary amides is 1. The smallest absolute Gasteiger partial charge is 0.235 e. The Labute approximate surface area is 121 Å². The number of benzene rings is 1. The molecule has 0 aromatic heterocycles. The molecule has 0 aliphatic heterocycles. The van der Waals surface area contributed by atoms with Crippen LogP contribution in [-0.2, 0) is 11.3 Å². The number of hydrogen-bond donors (Lipinski definition) is 2. The predicted octanol–water partition coefficient (Wildman–Crippen LogP) is 2.30.